The molecule has 0 saturated heterocycles. The average Bonchev–Trinajstić information content (AvgIpc) is 2.33. The summed E-state index contributed by atoms with van der Waals surface area (Å²) in [5.41, 5.74) is 5.36. The number of amidine groups is 1. The van der Waals surface area contributed by atoms with E-state index in [2.05, 4.69) is 5.16 Å². The van der Waals surface area contributed by atoms with E-state index in [1.165, 1.54) is 0 Å². The molecule has 0 atom stereocenters. The summed E-state index contributed by atoms with van der Waals surface area (Å²) in [7, 11) is 0. The van der Waals surface area contributed by atoms with E-state index < -0.39 is 0 Å². The molecule has 0 fully saturated rings. The number of hydrogen-bond acceptors (Lipinski definition) is 3. The summed E-state index contributed by atoms with van der Waals surface area (Å²) < 4.78 is 0. The molecule has 0 unspecified atom stereocenters. The fourth-order valence-electron chi connectivity index (χ4n) is 1.21. The van der Waals surface area contributed by atoms with Crippen LogP contribution in [0.1, 0.15) is 19.3 Å². The van der Waals surface area contributed by atoms with Gasteiger partial charge in [0.2, 0.25) is 0 Å². The molecule has 17 heavy (non-hydrogen) atoms. The number of nitrogens with zero attached hydrogens (tertiary/aromatic N) is 1. The SMILES string of the molecule is NC(CCCCSc1ccc(Cl)c(Cl)c1)=NO. The smallest absolute Gasteiger partial charge is 0.139 e. The third-order valence-corrected chi connectivity index (χ3v) is 3.93. The fourth-order valence-corrected chi connectivity index (χ4v) is 2.53. The maximum Gasteiger partial charge on any atom is 0.139 e. The molecule has 1 aromatic carbocycles. The Kier molecular flexibility index (Phi) is 6.55. The van der Waals surface area contributed by atoms with E-state index >= 15 is 0 Å². The Bertz CT molecular complexity index is 399. The average molecular weight is 293 g/mol. The van der Waals surface area contributed by atoms with Gasteiger partial charge in [-0.25, -0.2) is 0 Å². The molecule has 0 bridgehead atoms. The van der Waals surface area contributed by atoms with Crippen LogP contribution in [-0.2, 0) is 0 Å². The zero-order chi connectivity index (χ0) is 12.7. The van der Waals surface area contributed by atoms with Crippen molar-refractivity contribution >= 4 is 40.8 Å². The summed E-state index contributed by atoms with van der Waals surface area (Å²) in [5.74, 6) is 1.25. The van der Waals surface area contributed by atoms with Gasteiger partial charge >= 0.3 is 0 Å². The van der Waals surface area contributed by atoms with Crippen LogP contribution in [0.3, 0.4) is 0 Å². The normalized spacial score (nSPS) is 11.8. The van der Waals surface area contributed by atoms with E-state index in [-0.39, 0.29) is 5.84 Å². The van der Waals surface area contributed by atoms with Crippen molar-refractivity contribution in [2.24, 2.45) is 10.9 Å². The van der Waals surface area contributed by atoms with Crippen molar-refractivity contribution in [2.75, 3.05) is 5.75 Å². The van der Waals surface area contributed by atoms with E-state index in [4.69, 9.17) is 34.1 Å². The van der Waals surface area contributed by atoms with Crippen LogP contribution in [0.25, 0.3) is 0 Å². The minimum atomic E-state index is 0.282. The number of benzene rings is 1. The van der Waals surface area contributed by atoms with E-state index in [0.717, 1.165) is 23.5 Å². The predicted molar refractivity (Wildman–Crippen MR) is 74.4 cm³/mol. The zero-order valence-corrected chi connectivity index (χ0v) is 11.5. The number of hydrogen-bond donors (Lipinski definition) is 2. The first-order valence-corrected chi connectivity index (χ1v) is 6.92. The van der Waals surface area contributed by atoms with Crippen molar-refractivity contribution in [1.29, 1.82) is 0 Å². The second-order valence-corrected chi connectivity index (χ2v) is 5.46. The summed E-state index contributed by atoms with van der Waals surface area (Å²) in [5, 5.41) is 12.4. The molecule has 0 spiro atoms. The molecule has 94 valence electrons. The number of unbranched alkanes of at least 4 members (excludes halogenated alkanes) is 1. The lowest BCUT2D eigenvalue weighted by Gasteiger charge is -2.03. The molecule has 0 heterocycles. The summed E-state index contributed by atoms with van der Waals surface area (Å²) in [6.07, 6.45) is 2.53. The molecule has 6 heteroatoms. The van der Waals surface area contributed by atoms with Crippen molar-refractivity contribution in [3.05, 3.63) is 28.2 Å². The number of nitrogens with two attached hydrogens (primary N) is 1. The Labute approximate surface area is 115 Å². The van der Waals surface area contributed by atoms with Crippen LogP contribution < -0.4 is 5.73 Å². The zero-order valence-electron chi connectivity index (χ0n) is 9.20. The first-order chi connectivity index (χ1) is 8.13. The standard InChI is InChI=1S/C11H14Cl2N2OS/c12-9-5-4-8(7-10(9)13)17-6-2-1-3-11(14)15-16/h4-5,7,16H,1-3,6H2,(H2,14,15). The second kappa shape index (κ2) is 7.69. The quantitative estimate of drug-likeness (QED) is 0.208. The van der Waals surface area contributed by atoms with E-state index in [0.29, 0.717) is 16.5 Å². The molecule has 0 aliphatic rings. The monoisotopic (exact) mass is 292 g/mol. The highest BCUT2D eigenvalue weighted by Crippen LogP contribution is 2.28. The number of thioether (sulfide) groups is 1. The first-order valence-electron chi connectivity index (χ1n) is 5.17. The summed E-state index contributed by atoms with van der Waals surface area (Å²) in [6, 6.07) is 5.60. The van der Waals surface area contributed by atoms with Gasteiger partial charge in [0.05, 0.1) is 10.0 Å². The van der Waals surface area contributed by atoms with Gasteiger partial charge in [-0.15, -0.1) is 11.8 Å². The Hall–Kier alpha value is -0.580. The molecule has 0 aromatic heterocycles. The van der Waals surface area contributed by atoms with Gasteiger partial charge in [0.15, 0.2) is 0 Å². The van der Waals surface area contributed by atoms with Crippen molar-refractivity contribution in [2.45, 2.75) is 24.2 Å². The lowest BCUT2D eigenvalue weighted by Crippen LogP contribution is -2.10. The molecule has 1 aromatic rings. The maximum absolute atomic E-state index is 8.36. The largest absolute Gasteiger partial charge is 0.409 e. The molecular weight excluding hydrogens is 279 g/mol. The van der Waals surface area contributed by atoms with Crippen molar-refractivity contribution in [3.63, 3.8) is 0 Å². The minimum absolute atomic E-state index is 0.282. The van der Waals surface area contributed by atoms with Gasteiger partial charge in [0.1, 0.15) is 5.84 Å². The third kappa shape index (κ3) is 5.52. The highest BCUT2D eigenvalue weighted by Gasteiger charge is 2.00. The van der Waals surface area contributed by atoms with E-state index in [9.17, 15) is 0 Å². The van der Waals surface area contributed by atoms with Crippen LogP contribution >= 0.6 is 35.0 Å². The van der Waals surface area contributed by atoms with E-state index in [1.807, 2.05) is 12.1 Å². The molecule has 0 amide bonds. The van der Waals surface area contributed by atoms with Crippen LogP contribution in [0, 0.1) is 0 Å². The van der Waals surface area contributed by atoms with Crippen LogP contribution in [0.15, 0.2) is 28.3 Å². The van der Waals surface area contributed by atoms with Gasteiger partial charge in [0.25, 0.3) is 0 Å². The van der Waals surface area contributed by atoms with Gasteiger partial charge in [-0.3, -0.25) is 0 Å². The molecular formula is C11H14Cl2N2OS. The maximum atomic E-state index is 8.36. The minimum Gasteiger partial charge on any atom is -0.409 e. The summed E-state index contributed by atoms with van der Waals surface area (Å²) in [4.78, 5) is 1.10. The number of rotatable bonds is 6. The molecule has 0 aliphatic heterocycles. The van der Waals surface area contributed by atoms with E-state index in [1.54, 1.807) is 17.8 Å². The Morgan fingerprint density at radius 3 is 2.71 bits per heavy atom. The van der Waals surface area contributed by atoms with Gasteiger partial charge in [-0.1, -0.05) is 28.4 Å². The Balaban J connectivity index is 2.24. The molecule has 1 rings (SSSR count). The fraction of sp³-hybridized carbons (Fsp3) is 0.364. The van der Waals surface area contributed by atoms with Crippen LogP contribution in [0.5, 0.6) is 0 Å². The number of halogens is 2. The van der Waals surface area contributed by atoms with Gasteiger partial charge in [-0.05, 0) is 36.8 Å². The second-order valence-electron chi connectivity index (χ2n) is 3.47. The highest BCUT2D eigenvalue weighted by molar-refractivity contribution is 7.99. The van der Waals surface area contributed by atoms with Crippen molar-refractivity contribution in [1.82, 2.24) is 0 Å². The number of oxime groups is 1. The molecule has 3 nitrogen and oxygen atoms in total. The molecule has 0 radical (unpaired) electrons. The summed E-state index contributed by atoms with van der Waals surface area (Å²) in [6.45, 7) is 0. The summed E-state index contributed by atoms with van der Waals surface area (Å²) >= 11 is 13.4. The van der Waals surface area contributed by atoms with Crippen LogP contribution in [0.4, 0.5) is 0 Å². The van der Waals surface area contributed by atoms with Crippen LogP contribution in [0.2, 0.25) is 10.0 Å². The van der Waals surface area contributed by atoms with Crippen molar-refractivity contribution < 1.29 is 5.21 Å². The predicted octanol–water partition coefficient (Wildman–Crippen LogP) is 4.00. The molecule has 0 aliphatic carbocycles. The Morgan fingerprint density at radius 1 is 1.29 bits per heavy atom. The topological polar surface area (TPSA) is 58.6 Å². The lowest BCUT2D eigenvalue weighted by atomic mass is 10.2. The molecule has 3 N–H and O–H groups in total. The van der Waals surface area contributed by atoms with Gasteiger partial charge in [0, 0.05) is 11.3 Å². The van der Waals surface area contributed by atoms with Gasteiger partial charge in [-0.2, -0.15) is 0 Å². The Morgan fingerprint density at radius 2 is 2.06 bits per heavy atom. The van der Waals surface area contributed by atoms with Crippen LogP contribution in [-0.4, -0.2) is 16.8 Å². The van der Waals surface area contributed by atoms with Crippen molar-refractivity contribution in [3.8, 4) is 0 Å². The van der Waals surface area contributed by atoms with Gasteiger partial charge < -0.3 is 10.9 Å². The molecule has 0 saturated carbocycles. The lowest BCUT2D eigenvalue weighted by molar-refractivity contribution is 0.316. The first kappa shape index (κ1) is 14.5. The highest BCUT2D eigenvalue weighted by atomic mass is 35.5. The third-order valence-electron chi connectivity index (χ3n) is 2.12.